The lowest BCUT2D eigenvalue weighted by Gasteiger charge is -2.22. The molecule has 0 aliphatic heterocycles. The Labute approximate surface area is 122 Å². The van der Waals surface area contributed by atoms with Crippen LogP contribution in [0.2, 0.25) is 0 Å². The van der Waals surface area contributed by atoms with Crippen LogP contribution in [-0.2, 0) is 11.2 Å². The molecule has 0 atom stereocenters. The highest BCUT2D eigenvalue weighted by Gasteiger charge is 2.21. The van der Waals surface area contributed by atoms with Gasteiger partial charge in [0.1, 0.15) is 11.4 Å². The number of hydrogen-bond acceptors (Lipinski definition) is 3. The summed E-state index contributed by atoms with van der Waals surface area (Å²) >= 11 is 0. The first-order valence-corrected chi connectivity index (χ1v) is 7.32. The van der Waals surface area contributed by atoms with E-state index in [1.54, 1.807) is 0 Å². The summed E-state index contributed by atoms with van der Waals surface area (Å²) in [5, 5.41) is 0. The number of hydrogen-bond donors (Lipinski definition) is 0. The molecule has 0 saturated heterocycles. The Morgan fingerprint density at radius 2 is 1.80 bits per heavy atom. The smallest absolute Gasteiger partial charge is 0.428 e. The Bertz CT molecular complexity index is 418. The van der Waals surface area contributed by atoms with E-state index in [-0.39, 0.29) is 0 Å². The summed E-state index contributed by atoms with van der Waals surface area (Å²) in [5.74, 6) is 1.22. The van der Waals surface area contributed by atoms with Crippen LogP contribution in [0, 0.1) is 5.92 Å². The molecule has 0 saturated carbocycles. The van der Waals surface area contributed by atoms with Crippen LogP contribution < -0.4 is 4.74 Å². The van der Waals surface area contributed by atoms with Crippen molar-refractivity contribution in [2.24, 2.45) is 5.92 Å². The number of aryl methyl sites for hydroxylation is 1. The molecule has 3 nitrogen and oxygen atoms in total. The van der Waals surface area contributed by atoms with Gasteiger partial charge in [0.25, 0.3) is 0 Å². The van der Waals surface area contributed by atoms with Gasteiger partial charge in [-0.25, -0.2) is 4.79 Å². The Hall–Kier alpha value is -1.51. The summed E-state index contributed by atoms with van der Waals surface area (Å²) in [5.41, 5.74) is 0.766. The molecular formula is C17H26O3. The van der Waals surface area contributed by atoms with Crippen molar-refractivity contribution < 1.29 is 14.3 Å². The number of ether oxygens (including phenoxy) is 2. The molecule has 112 valence electrons. The second kappa shape index (κ2) is 7.32. The molecule has 0 unspecified atom stereocenters. The maximum absolute atomic E-state index is 11.6. The van der Waals surface area contributed by atoms with Gasteiger partial charge in [0.15, 0.2) is 0 Å². The van der Waals surface area contributed by atoms with Crippen LogP contribution in [0.4, 0.5) is 4.79 Å². The van der Waals surface area contributed by atoms with Gasteiger partial charge >= 0.3 is 6.16 Å². The van der Waals surface area contributed by atoms with Crippen molar-refractivity contribution in [2.45, 2.75) is 59.5 Å². The van der Waals surface area contributed by atoms with Crippen molar-refractivity contribution >= 4 is 6.16 Å². The average Bonchev–Trinajstić information content (AvgIpc) is 2.37. The van der Waals surface area contributed by atoms with E-state index in [1.807, 2.05) is 45.0 Å². The fraction of sp³-hybridized carbons (Fsp3) is 0.588. The molecule has 0 N–H and O–H groups in total. The van der Waals surface area contributed by atoms with Crippen LogP contribution in [0.15, 0.2) is 24.3 Å². The Balaban J connectivity index is 2.51. The van der Waals surface area contributed by atoms with E-state index in [0.717, 1.165) is 19.3 Å². The number of rotatable bonds is 6. The molecule has 0 fully saturated rings. The molecule has 0 aliphatic rings. The van der Waals surface area contributed by atoms with E-state index in [1.165, 1.54) is 5.56 Å². The second-order valence-corrected chi connectivity index (χ2v) is 6.14. The van der Waals surface area contributed by atoms with Crippen molar-refractivity contribution in [1.82, 2.24) is 0 Å². The molecule has 1 aromatic rings. The molecule has 0 heterocycles. The lowest BCUT2D eigenvalue weighted by Crippen LogP contribution is -2.28. The van der Waals surface area contributed by atoms with Gasteiger partial charge < -0.3 is 9.47 Å². The van der Waals surface area contributed by atoms with Crippen LogP contribution in [0.5, 0.6) is 5.75 Å². The SMILES string of the molecule is CCC(C)(C)OC(=O)Oc1ccc(CCC(C)C)cc1. The van der Waals surface area contributed by atoms with Crippen LogP contribution in [0.1, 0.15) is 53.0 Å². The molecule has 1 aromatic carbocycles. The maximum atomic E-state index is 11.6. The van der Waals surface area contributed by atoms with Gasteiger partial charge in [-0.2, -0.15) is 0 Å². The molecule has 1 rings (SSSR count). The van der Waals surface area contributed by atoms with Gasteiger partial charge in [0.2, 0.25) is 0 Å². The van der Waals surface area contributed by atoms with Crippen molar-refractivity contribution in [3.8, 4) is 5.75 Å². The average molecular weight is 278 g/mol. The van der Waals surface area contributed by atoms with E-state index in [4.69, 9.17) is 9.47 Å². The van der Waals surface area contributed by atoms with Gasteiger partial charge in [-0.15, -0.1) is 0 Å². The molecule has 0 radical (unpaired) electrons. The van der Waals surface area contributed by atoms with Crippen LogP contribution in [-0.4, -0.2) is 11.8 Å². The third-order valence-electron chi connectivity index (χ3n) is 3.35. The molecule has 0 spiro atoms. The highest BCUT2D eigenvalue weighted by atomic mass is 16.7. The fourth-order valence-corrected chi connectivity index (χ4v) is 1.59. The Kier molecular flexibility index (Phi) is 6.05. The third-order valence-corrected chi connectivity index (χ3v) is 3.35. The summed E-state index contributed by atoms with van der Waals surface area (Å²) in [7, 11) is 0. The second-order valence-electron chi connectivity index (χ2n) is 6.14. The topological polar surface area (TPSA) is 35.5 Å². The minimum atomic E-state index is -0.646. The van der Waals surface area contributed by atoms with Gasteiger partial charge in [-0.1, -0.05) is 32.9 Å². The van der Waals surface area contributed by atoms with E-state index >= 15 is 0 Å². The van der Waals surface area contributed by atoms with Crippen LogP contribution in [0.25, 0.3) is 0 Å². The highest BCUT2D eigenvalue weighted by molar-refractivity contribution is 5.64. The summed E-state index contributed by atoms with van der Waals surface area (Å²) in [6.45, 7) is 10.1. The lowest BCUT2D eigenvalue weighted by molar-refractivity contribution is 0.00706. The van der Waals surface area contributed by atoms with E-state index in [0.29, 0.717) is 11.7 Å². The Morgan fingerprint density at radius 3 is 2.30 bits per heavy atom. The minimum absolute atomic E-state index is 0.492. The molecule has 0 aliphatic carbocycles. The lowest BCUT2D eigenvalue weighted by atomic mass is 10.0. The predicted octanol–water partition coefficient (Wildman–Crippen LogP) is 4.98. The number of benzene rings is 1. The molecule has 20 heavy (non-hydrogen) atoms. The first-order valence-electron chi connectivity index (χ1n) is 7.32. The number of carbonyl (C=O) groups is 1. The first-order chi connectivity index (χ1) is 9.32. The third kappa shape index (κ3) is 6.09. The predicted molar refractivity (Wildman–Crippen MR) is 81.1 cm³/mol. The summed E-state index contributed by atoms with van der Waals surface area (Å²) in [6, 6.07) is 7.62. The number of carbonyl (C=O) groups excluding carboxylic acids is 1. The van der Waals surface area contributed by atoms with Gasteiger partial charge in [-0.05, 0) is 56.7 Å². The van der Waals surface area contributed by atoms with Crippen molar-refractivity contribution in [3.05, 3.63) is 29.8 Å². The summed E-state index contributed by atoms with van der Waals surface area (Å²) in [6.07, 6.45) is 2.31. The highest BCUT2D eigenvalue weighted by Crippen LogP contribution is 2.18. The van der Waals surface area contributed by atoms with E-state index < -0.39 is 11.8 Å². The quantitative estimate of drug-likeness (QED) is 0.544. The monoisotopic (exact) mass is 278 g/mol. The van der Waals surface area contributed by atoms with Gasteiger partial charge in [-0.3, -0.25) is 0 Å². The zero-order chi connectivity index (χ0) is 15.2. The molecule has 0 bridgehead atoms. The van der Waals surface area contributed by atoms with Crippen LogP contribution in [0.3, 0.4) is 0 Å². The van der Waals surface area contributed by atoms with E-state index in [2.05, 4.69) is 13.8 Å². The standard InChI is InChI=1S/C17H26O3/c1-6-17(4,5)20-16(18)19-15-11-9-14(10-12-15)8-7-13(2)3/h9-13H,6-8H2,1-5H3. The van der Waals surface area contributed by atoms with Crippen molar-refractivity contribution in [2.75, 3.05) is 0 Å². The zero-order valence-electron chi connectivity index (χ0n) is 13.2. The summed E-state index contributed by atoms with van der Waals surface area (Å²) in [4.78, 5) is 11.6. The van der Waals surface area contributed by atoms with E-state index in [9.17, 15) is 4.79 Å². The molecule has 0 amide bonds. The minimum Gasteiger partial charge on any atom is -0.428 e. The molecule has 0 aromatic heterocycles. The molecular weight excluding hydrogens is 252 g/mol. The first kappa shape index (κ1) is 16.5. The normalized spacial score (nSPS) is 11.5. The van der Waals surface area contributed by atoms with Crippen LogP contribution >= 0.6 is 0 Å². The maximum Gasteiger partial charge on any atom is 0.514 e. The van der Waals surface area contributed by atoms with Gasteiger partial charge in [0.05, 0.1) is 0 Å². The fourth-order valence-electron chi connectivity index (χ4n) is 1.59. The molecule has 3 heteroatoms. The van der Waals surface area contributed by atoms with Crippen molar-refractivity contribution in [3.63, 3.8) is 0 Å². The zero-order valence-corrected chi connectivity index (χ0v) is 13.2. The van der Waals surface area contributed by atoms with Crippen molar-refractivity contribution in [1.29, 1.82) is 0 Å². The largest absolute Gasteiger partial charge is 0.514 e. The Morgan fingerprint density at radius 1 is 1.20 bits per heavy atom. The summed E-state index contributed by atoms with van der Waals surface area (Å²) < 4.78 is 10.4. The van der Waals surface area contributed by atoms with Gasteiger partial charge in [0, 0.05) is 0 Å².